The van der Waals surface area contributed by atoms with Gasteiger partial charge in [-0.25, -0.2) is 24.5 Å². The third-order valence-electron chi connectivity index (χ3n) is 7.97. The molecular formula is C22H28N10O11P2S2. The van der Waals surface area contributed by atoms with Crippen LogP contribution in [0.25, 0.3) is 22.3 Å². The van der Waals surface area contributed by atoms with Gasteiger partial charge in [0, 0.05) is 5.92 Å². The van der Waals surface area contributed by atoms with Crippen molar-refractivity contribution < 1.29 is 47.0 Å². The maximum atomic E-state index is 13.5. The van der Waals surface area contributed by atoms with Crippen molar-refractivity contribution in [1.29, 1.82) is 0 Å². The Labute approximate surface area is 273 Å². The molecule has 0 spiro atoms. The van der Waals surface area contributed by atoms with Crippen LogP contribution >= 0.6 is 27.2 Å². The van der Waals surface area contributed by atoms with Gasteiger partial charge in [-0.1, -0.05) is 0 Å². The molecule has 7 heterocycles. The topological polar surface area (TPSA) is 292 Å². The number of rotatable bonds is 4. The fraction of sp³-hybridized carbons (Fsp3) is 0.545. The van der Waals surface area contributed by atoms with Crippen LogP contribution in [0.3, 0.4) is 0 Å². The number of nitrogens with one attached hydrogen (secondary N) is 1. The Kier molecular flexibility index (Phi) is 8.65. The quantitative estimate of drug-likeness (QED) is 0.101. The first-order valence-electron chi connectivity index (χ1n) is 13.9. The molecule has 0 radical (unpaired) electrons. The lowest BCUT2D eigenvalue weighted by Crippen LogP contribution is -2.36. The van der Waals surface area contributed by atoms with Gasteiger partial charge >= 0.3 is 14.5 Å². The highest BCUT2D eigenvalue weighted by molar-refractivity contribution is 8.07. The fourth-order valence-corrected chi connectivity index (χ4v) is 8.61. The van der Waals surface area contributed by atoms with Gasteiger partial charge in [0.25, 0.3) is 5.56 Å². The summed E-state index contributed by atoms with van der Waals surface area (Å²) in [6, 6.07) is 0. The van der Waals surface area contributed by atoms with Crippen molar-refractivity contribution in [2.75, 3.05) is 30.4 Å². The molecule has 10 atom stereocenters. The number of nitrogens with two attached hydrogens (primary N) is 2. The number of fused-ring (bicyclic) bond motifs is 5. The third-order valence-corrected chi connectivity index (χ3v) is 10.8. The molecule has 47 heavy (non-hydrogen) atoms. The largest absolute Gasteiger partial charge is 0.472 e. The zero-order valence-electron chi connectivity index (χ0n) is 23.8. The number of ether oxygens (including phenoxy) is 2. The van der Waals surface area contributed by atoms with Crippen LogP contribution < -0.4 is 17.0 Å². The predicted octanol–water partition coefficient (Wildman–Crippen LogP) is -0.650. The number of aliphatic hydroxyl groups is 1. The molecule has 21 nitrogen and oxygen atoms in total. The second-order valence-corrected chi connectivity index (χ2v) is 15.5. The highest BCUT2D eigenvalue weighted by Crippen LogP contribution is 2.55. The Morgan fingerprint density at radius 1 is 0.979 bits per heavy atom. The highest BCUT2D eigenvalue weighted by Gasteiger charge is 2.53. The van der Waals surface area contributed by atoms with Gasteiger partial charge in [0.15, 0.2) is 35.1 Å². The number of phosphoric acid groups is 1. The summed E-state index contributed by atoms with van der Waals surface area (Å²) in [7, 11) is -4.95. The van der Waals surface area contributed by atoms with Crippen LogP contribution in [0.2, 0.25) is 0 Å². The first-order chi connectivity index (χ1) is 22.4. The molecule has 8 N–H and O–H groups in total. The Morgan fingerprint density at radius 3 is 2.45 bits per heavy atom. The number of thiol groups is 1. The molecule has 4 aromatic rings. The second-order valence-electron chi connectivity index (χ2n) is 10.8. The minimum Gasteiger partial charge on any atom is -0.386 e. The lowest BCUT2D eigenvalue weighted by atomic mass is 9.95. The van der Waals surface area contributed by atoms with Gasteiger partial charge < -0.3 is 40.4 Å². The van der Waals surface area contributed by atoms with Gasteiger partial charge in [-0.3, -0.25) is 32.5 Å². The summed E-state index contributed by atoms with van der Waals surface area (Å²) in [5.41, 5.74) is 11.4. The van der Waals surface area contributed by atoms with Gasteiger partial charge in [0.1, 0.15) is 36.3 Å². The fourth-order valence-electron chi connectivity index (χ4n) is 5.90. The molecule has 2 bridgehead atoms. The first-order valence-corrected chi connectivity index (χ1v) is 18.6. The number of anilines is 2. The van der Waals surface area contributed by atoms with Crippen molar-refractivity contribution in [3.05, 3.63) is 29.3 Å². The van der Waals surface area contributed by atoms with E-state index < -0.39 is 75.6 Å². The van der Waals surface area contributed by atoms with Gasteiger partial charge in [-0.15, -0.1) is 0 Å². The van der Waals surface area contributed by atoms with E-state index in [-0.39, 0.29) is 52.9 Å². The van der Waals surface area contributed by atoms with Crippen molar-refractivity contribution in [2.24, 2.45) is 5.92 Å². The van der Waals surface area contributed by atoms with Crippen molar-refractivity contribution in [2.45, 2.75) is 49.4 Å². The summed E-state index contributed by atoms with van der Waals surface area (Å²) in [6.07, 6.45) is -4.82. The molecule has 7 rings (SSSR count). The van der Waals surface area contributed by atoms with Crippen molar-refractivity contribution >= 4 is 73.1 Å². The van der Waals surface area contributed by atoms with Crippen LogP contribution in [0.5, 0.6) is 0 Å². The third kappa shape index (κ3) is 6.09. The van der Waals surface area contributed by atoms with Crippen molar-refractivity contribution in [3.63, 3.8) is 0 Å². The van der Waals surface area contributed by atoms with E-state index in [1.54, 1.807) is 0 Å². The summed E-state index contributed by atoms with van der Waals surface area (Å²) in [5.74, 6) is -0.516. The van der Waals surface area contributed by atoms with E-state index in [4.69, 9.17) is 50.8 Å². The SMILES string of the molecule is Nc1nc2c(ncn2[C@@H]2O[C@@H]3COP(O)(=S)OC4[C@@H](COP(=O)(O)OC2C3CCS)O[C@@H](n2cnc3c(N)ncnc32)[C@H]4O)c(=O)[nH]1. The van der Waals surface area contributed by atoms with Crippen LogP contribution in [0.1, 0.15) is 18.9 Å². The smallest absolute Gasteiger partial charge is 0.386 e. The number of aromatic amines is 1. The van der Waals surface area contributed by atoms with Crippen LogP contribution in [0.15, 0.2) is 23.8 Å². The Bertz CT molecular complexity index is 1980. The van der Waals surface area contributed by atoms with Crippen LogP contribution in [0, 0.1) is 5.92 Å². The summed E-state index contributed by atoms with van der Waals surface area (Å²) >= 11 is 9.63. The zero-order valence-corrected chi connectivity index (χ0v) is 27.3. The maximum Gasteiger partial charge on any atom is 0.472 e. The number of phosphoric ester groups is 1. The number of hydrogen-bond acceptors (Lipinski definition) is 18. The maximum absolute atomic E-state index is 13.5. The van der Waals surface area contributed by atoms with E-state index in [9.17, 15) is 24.3 Å². The Hall–Kier alpha value is -2.63. The normalized spacial score (nSPS) is 36.6. The van der Waals surface area contributed by atoms with Crippen molar-refractivity contribution in [3.8, 4) is 0 Å². The average molecular weight is 735 g/mol. The van der Waals surface area contributed by atoms with E-state index in [1.807, 2.05) is 0 Å². The molecular weight excluding hydrogens is 706 g/mol. The molecule has 0 amide bonds. The number of hydrogen-bond donors (Lipinski definition) is 7. The van der Waals surface area contributed by atoms with Gasteiger partial charge in [-0.2, -0.15) is 17.6 Å². The predicted molar refractivity (Wildman–Crippen MR) is 166 cm³/mol. The standard InChI is InChI=1S/C22H28N10O11P2S2/c23-16-11-17(26-5-25-16)31(6-27-11)20-13(33)15-10(41-20)4-38-44(35,36)42-14-8(1-2-46)9(3-39-45(37,47)43-15)40-21(14)32-7-28-12-18(32)29-22(24)30-19(12)34/h5-10,13-15,20-21,33,46H,1-4H2,(H,35,36)(H,37,47)(H2,23,25,26)(H3,24,29,30,34)/t8?,9-,10-,13+,14?,15?,20-,21-,45?/m1/s1. The number of aromatic nitrogens is 8. The Morgan fingerprint density at radius 2 is 1.68 bits per heavy atom. The van der Waals surface area contributed by atoms with Crippen LogP contribution in [-0.4, -0.2) is 103 Å². The number of nitrogen functional groups attached to an aromatic ring is 2. The van der Waals surface area contributed by atoms with Crippen LogP contribution in [-0.2, 0) is 43.9 Å². The zero-order chi connectivity index (χ0) is 33.2. The van der Waals surface area contributed by atoms with E-state index in [1.165, 1.54) is 28.1 Å². The van der Waals surface area contributed by atoms with Gasteiger partial charge in [0.05, 0.1) is 32.0 Å². The number of aliphatic hydroxyl groups excluding tert-OH is 1. The molecule has 254 valence electrons. The van der Waals surface area contributed by atoms with Crippen molar-refractivity contribution in [1.82, 2.24) is 39.0 Å². The minimum absolute atomic E-state index is 0.0164. The monoisotopic (exact) mass is 734 g/mol. The second kappa shape index (κ2) is 12.4. The van der Waals surface area contributed by atoms with Crippen LogP contribution in [0.4, 0.5) is 11.8 Å². The summed E-state index contributed by atoms with van der Waals surface area (Å²) in [4.78, 5) is 57.4. The molecule has 4 aromatic heterocycles. The highest BCUT2D eigenvalue weighted by atomic mass is 32.5. The number of imidazole rings is 2. The first kappa shape index (κ1) is 32.9. The van der Waals surface area contributed by atoms with E-state index in [0.717, 1.165) is 0 Å². The average Bonchev–Trinajstić information content (AvgIpc) is 3.76. The lowest BCUT2D eigenvalue weighted by Gasteiger charge is -2.27. The van der Waals surface area contributed by atoms with E-state index in [0.29, 0.717) is 0 Å². The lowest BCUT2D eigenvalue weighted by molar-refractivity contribution is -0.0647. The molecule has 25 heteroatoms. The minimum atomic E-state index is -4.95. The molecule has 3 aliphatic heterocycles. The van der Waals surface area contributed by atoms with E-state index >= 15 is 0 Å². The molecule has 0 aromatic carbocycles. The summed E-state index contributed by atoms with van der Waals surface area (Å²) in [5, 5.41) is 11.3. The van der Waals surface area contributed by atoms with Gasteiger partial charge in [-0.05, 0) is 24.0 Å². The molecule has 3 fully saturated rings. The Balaban J connectivity index is 1.23. The summed E-state index contributed by atoms with van der Waals surface area (Å²) < 4.78 is 51.0. The van der Waals surface area contributed by atoms with E-state index in [2.05, 4.69) is 42.5 Å². The summed E-state index contributed by atoms with van der Waals surface area (Å²) in [6.45, 7) is -5.21. The van der Waals surface area contributed by atoms with Gasteiger partial charge in [0.2, 0.25) is 5.95 Å². The molecule has 3 aliphatic rings. The number of H-pyrrole nitrogens is 1. The molecule has 0 saturated carbocycles. The molecule has 5 unspecified atom stereocenters. The molecule has 3 saturated heterocycles. The molecule has 0 aliphatic carbocycles. The number of nitrogens with zero attached hydrogens (tertiary/aromatic N) is 7.